The second-order valence-corrected chi connectivity index (χ2v) is 9.15. The number of piperidine rings is 3. The number of amides is 2. The molecular weight excluding hydrogens is 392 g/mol. The van der Waals surface area contributed by atoms with Crippen molar-refractivity contribution in [3.63, 3.8) is 0 Å². The number of aromatic hydroxyl groups is 2. The van der Waals surface area contributed by atoms with Crippen LogP contribution in [0.4, 0.5) is 0 Å². The first-order chi connectivity index (χ1) is 15.0. The Kier molecular flexibility index (Phi) is 5.08. The highest BCUT2D eigenvalue weighted by Gasteiger charge is 2.50. The maximum Gasteiger partial charge on any atom is 0.261 e. The Balaban J connectivity index is 1.46. The zero-order chi connectivity index (χ0) is 21.5. The lowest BCUT2D eigenvalue weighted by molar-refractivity contribution is -0.151. The van der Waals surface area contributed by atoms with E-state index in [-0.39, 0.29) is 52.8 Å². The summed E-state index contributed by atoms with van der Waals surface area (Å²) in [5.74, 6) is -0.0855. The van der Waals surface area contributed by atoms with Crippen LogP contribution >= 0.6 is 0 Å². The topological polar surface area (TPSA) is 81.1 Å². The van der Waals surface area contributed by atoms with E-state index in [0.717, 1.165) is 25.7 Å². The number of carbonyl (C=O) groups excluding carboxylic acids is 2. The highest BCUT2D eigenvalue weighted by atomic mass is 16.3. The molecule has 0 aliphatic carbocycles. The summed E-state index contributed by atoms with van der Waals surface area (Å²) >= 11 is 0. The Morgan fingerprint density at radius 2 is 1.68 bits per heavy atom. The van der Waals surface area contributed by atoms with Gasteiger partial charge in [-0.1, -0.05) is 36.4 Å². The summed E-state index contributed by atoms with van der Waals surface area (Å²) in [7, 11) is 0. The third kappa shape index (κ3) is 3.54. The van der Waals surface area contributed by atoms with Crippen molar-refractivity contribution in [1.82, 2.24) is 9.80 Å². The van der Waals surface area contributed by atoms with Crippen LogP contribution in [0.25, 0.3) is 0 Å². The van der Waals surface area contributed by atoms with Crippen molar-refractivity contribution < 1.29 is 19.8 Å². The Morgan fingerprint density at radius 3 is 2.42 bits per heavy atom. The van der Waals surface area contributed by atoms with Gasteiger partial charge in [0.15, 0.2) is 0 Å². The fourth-order valence-electron chi connectivity index (χ4n) is 5.96. The zero-order valence-electron chi connectivity index (χ0n) is 17.5. The molecule has 3 aliphatic heterocycles. The first kappa shape index (κ1) is 19.9. The molecule has 4 atom stereocenters. The lowest BCUT2D eigenvalue weighted by atomic mass is 9.70. The van der Waals surface area contributed by atoms with Crippen molar-refractivity contribution in [3.05, 3.63) is 59.7 Å². The molecule has 0 saturated carbocycles. The predicted octanol–water partition coefficient (Wildman–Crippen LogP) is 3.18. The Hall–Kier alpha value is -3.02. The van der Waals surface area contributed by atoms with Crippen LogP contribution < -0.4 is 0 Å². The summed E-state index contributed by atoms with van der Waals surface area (Å²) in [6, 6.07) is 14.8. The molecule has 2 amide bonds. The van der Waals surface area contributed by atoms with Gasteiger partial charge in [-0.25, -0.2) is 0 Å². The van der Waals surface area contributed by atoms with Crippen LogP contribution in [0.2, 0.25) is 0 Å². The minimum absolute atomic E-state index is 0.0290. The standard InChI is InChI=1S/C25H28N2O4/c28-21-9-5-10-22(29)24(21)25(31)26-14-17-13-18(15-26)20(12-16-6-2-1-3-7-16)27-19(17)8-4-11-23(27)30/h1-3,5-7,9-10,17-20,28-29H,4,8,11-15H2/t17-,18+,19+,20+/m1/s1. The normalized spacial score (nSPS) is 27.7. The number of rotatable bonds is 3. The number of carbonyl (C=O) groups is 2. The highest BCUT2D eigenvalue weighted by Crippen LogP contribution is 2.43. The Morgan fingerprint density at radius 1 is 0.968 bits per heavy atom. The van der Waals surface area contributed by atoms with E-state index in [1.807, 2.05) is 18.2 Å². The average Bonchev–Trinajstić information content (AvgIpc) is 2.77. The third-order valence-corrected chi connectivity index (χ3v) is 7.31. The molecule has 162 valence electrons. The summed E-state index contributed by atoms with van der Waals surface area (Å²) in [6.45, 7) is 1.08. The summed E-state index contributed by atoms with van der Waals surface area (Å²) in [5, 5.41) is 20.4. The third-order valence-electron chi connectivity index (χ3n) is 7.31. The van der Waals surface area contributed by atoms with E-state index in [4.69, 9.17) is 0 Å². The molecule has 3 fully saturated rings. The van der Waals surface area contributed by atoms with E-state index in [1.54, 1.807) is 4.90 Å². The van der Waals surface area contributed by atoms with Crippen molar-refractivity contribution in [2.75, 3.05) is 13.1 Å². The molecule has 3 heterocycles. The number of phenols is 2. The minimum Gasteiger partial charge on any atom is -0.507 e. The van der Waals surface area contributed by atoms with E-state index < -0.39 is 0 Å². The largest absolute Gasteiger partial charge is 0.507 e. The summed E-state index contributed by atoms with van der Waals surface area (Å²) in [6.07, 6.45) is 4.26. The lowest BCUT2D eigenvalue weighted by Gasteiger charge is -2.56. The number of hydrogen-bond donors (Lipinski definition) is 2. The monoisotopic (exact) mass is 420 g/mol. The Labute approximate surface area is 182 Å². The fourth-order valence-corrected chi connectivity index (χ4v) is 5.96. The zero-order valence-corrected chi connectivity index (χ0v) is 17.5. The molecule has 0 unspecified atom stereocenters. The SMILES string of the molecule is O=C(c1c(O)cccc1O)N1C[C@H]2C[C@@H](C1)[C@H](Cc1ccccc1)N1C(=O)CCC[C@@H]21. The molecular formula is C25H28N2O4. The van der Waals surface area contributed by atoms with Gasteiger partial charge in [0.2, 0.25) is 5.91 Å². The first-order valence-corrected chi connectivity index (χ1v) is 11.2. The van der Waals surface area contributed by atoms with Crippen molar-refractivity contribution in [1.29, 1.82) is 0 Å². The molecule has 6 heteroatoms. The van der Waals surface area contributed by atoms with Gasteiger partial charge >= 0.3 is 0 Å². The van der Waals surface area contributed by atoms with Gasteiger partial charge < -0.3 is 20.0 Å². The molecule has 5 rings (SSSR count). The van der Waals surface area contributed by atoms with E-state index in [9.17, 15) is 19.8 Å². The van der Waals surface area contributed by atoms with Gasteiger partial charge in [-0.2, -0.15) is 0 Å². The van der Waals surface area contributed by atoms with Crippen molar-refractivity contribution in [3.8, 4) is 11.5 Å². The minimum atomic E-state index is -0.334. The van der Waals surface area contributed by atoms with Gasteiger partial charge in [0.05, 0.1) is 0 Å². The summed E-state index contributed by atoms with van der Waals surface area (Å²) in [5.41, 5.74) is 1.17. The summed E-state index contributed by atoms with van der Waals surface area (Å²) in [4.78, 5) is 30.2. The smallest absolute Gasteiger partial charge is 0.261 e. The number of hydrogen-bond acceptors (Lipinski definition) is 4. The van der Waals surface area contributed by atoms with Crippen LogP contribution in [0.15, 0.2) is 48.5 Å². The average molecular weight is 421 g/mol. The Bertz CT molecular complexity index is 972. The molecule has 2 aromatic rings. The fraction of sp³-hybridized carbons (Fsp3) is 0.440. The van der Waals surface area contributed by atoms with Crippen LogP contribution in [-0.4, -0.2) is 57.0 Å². The van der Waals surface area contributed by atoms with Gasteiger partial charge in [-0.3, -0.25) is 9.59 Å². The maximum absolute atomic E-state index is 13.3. The molecule has 3 aliphatic rings. The summed E-state index contributed by atoms with van der Waals surface area (Å²) < 4.78 is 0. The molecule has 0 spiro atoms. The quantitative estimate of drug-likeness (QED) is 0.799. The van der Waals surface area contributed by atoms with Gasteiger partial charge in [0, 0.05) is 31.6 Å². The molecule has 2 aromatic carbocycles. The number of phenolic OH excluding ortho intramolecular Hbond substituents is 2. The number of benzene rings is 2. The maximum atomic E-state index is 13.3. The van der Waals surface area contributed by atoms with Crippen molar-refractivity contribution in [2.45, 2.75) is 44.2 Å². The molecule has 0 radical (unpaired) electrons. The van der Waals surface area contributed by atoms with Crippen LogP contribution in [0.1, 0.15) is 41.6 Å². The van der Waals surface area contributed by atoms with E-state index >= 15 is 0 Å². The molecule has 2 bridgehead atoms. The van der Waals surface area contributed by atoms with Gasteiger partial charge in [0.25, 0.3) is 5.91 Å². The predicted molar refractivity (Wildman–Crippen MR) is 116 cm³/mol. The molecule has 31 heavy (non-hydrogen) atoms. The molecule has 6 nitrogen and oxygen atoms in total. The van der Waals surface area contributed by atoms with E-state index in [2.05, 4.69) is 17.0 Å². The first-order valence-electron chi connectivity index (χ1n) is 11.2. The number of fused-ring (bicyclic) bond motifs is 4. The van der Waals surface area contributed by atoms with Crippen LogP contribution in [0.5, 0.6) is 11.5 Å². The number of likely N-dealkylation sites (tertiary alicyclic amines) is 1. The second-order valence-electron chi connectivity index (χ2n) is 9.15. The highest BCUT2D eigenvalue weighted by molar-refractivity contribution is 5.99. The molecule has 0 aromatic heterocycles. The van der Waals surface area contributed by atoms with Crippen molar-refractivity contribution in [2.24, 2.45) is 11.8 Å². The van der Waals surface area contributed by atoms with E-state index in [0.29, 0.717) is 19.5 Å². The second kappa shape index (κ2) is 7.91. The van der Waals surface area contributed by atoms with Crippen molar-refractivity contribution >= 4 is 11.8 Å². The molecule has 3 saturated heterocycles. The lowest BCUT2D eigenvalue weighted by Crippen LogP contribution is -2.66. The van der Waals surface area contributed by atoms with Gasteiger partial charge in [-0.05, 0) is 55.2 Å². The van der Waals surface area contributed by atoms with Crippen LogP contribution in [-0.2, 0) is 11.2 Å². The number of nitrogens with zero attached hydrogens (tertiary/aromatic N) is 2. The molecule has 2 N–H and O–H groups in total. The van der Waals surface area contributed by atoms with Crippen LogP contribution in [0, 0.1) is 11.8 Å². The van der Waals surface area contributed by atoms with Crippen LogP contribution in [0.3, 0.4) is 0 Å². The van der Waals surface area contributed by atoms with Gasteiger partial charge in [0.1, 0.15) is 17.1 Å². The van der Waals surface area contributed by atoms with E-state index in [1.165, 1.54) is 23.8 Å². The van der Waals surface area contributed by atoms with Gasteiger partial charge in [-0.15, -0.1) is 0 Å².